The number of carbonyl (C=O) groups is 3. The number of nitrogens with two attached hydrogens (primary N) is 1. The van der Waals surface area contributed by atoms with E-state index in [1.54, 1.807) is 0 Å². The molecule has 0 aliphatic carbocycles. The minimum Gasteiger partial charge on any atom is -0.480 e. The van der Waals surface area contributed by atoms with E-state index in [1.807, 2.05) is 0 Å². The molecule has 0 aromatic carbocycles. The third-order valence-corrected chi connectivity index (χ3v) is 2.40. The Kier molecular flexibility index (Phi) is 4.24. The van der Waals surface area contributed by atoms with Crippen molar-refractivity contribution in [3.63, 3.8) is 0 Å². The predicted octanol–water partition coefficient (Wildman–Crippen LogP) is -2.01. The van der Waals surface area contributed by atoms with Gasteiger partial charge in [0.2, 0.25) is 11.8 Å². The number of aliphatic carboxylic acids is 1. The lowest BCUT2D eigenvalue weighted by Crippen LogP contribution is -2.40. The third kappa shape index (κ3) is 3.50. The molecule has 0 saturated carbocycles. The van der Waals surface area contributed by atoms with Crippen molar-refractivity contribution in [2.45, 2.75) is 6.42 Å². The summed E-state index contributed by atoms with van der Waals surface area (Å²) in [4.78, 5) is 34.2. The van der Waals surface area contributed by atoms with Gasteiger partial charge in [-0.15, -0.1) is 0 Å². The SMILES string of the molecule is NCC1CC(=O)N(CC(=O)NCC(=O)O)C1. The number of carbonyl (C=O) groups excluding carboxylic acids is 2. The van der Waals surface area contributed by atoms with Crippen LogP contribution < -0.4 is 11.1 Å². The molecule has 0 spiro atoms. The van der Waals surface area contributed by atoms with E-state index in [1.165, 1.54) is 4.90 Å². The van der Waals surface area contributed by atoms with E-state index in [9.17, 15) is 14.4 Å². The molecule has 16 heavy (non-hydrogen) atoms. The maximum absolute atomic E-state index is 11.4. The molecule has 2 amide bonds. The first kappa shape index (κ1) is 12.4. The molecule has 1 aliphatic rings. The molecule has 1 unspecified atom stereocenters. The van der Waals surface area contributed by atoms with Gasteiger partial charge in [0.25, 0.3) is 0 Å². The Morgan fingerprint density at radius 1 is 1.56 bits per heavy atom. The number of carboxylic acids is 1. The molecule has 0 radical (unpaired) electrons. The number of likely N-dealkylation sites (tertiary alicyclic amines) is 1. The molecule has 1 atom stereocenters. The first-order valence-corrected chi connectivity index (χ1v) is 4.99. The summed E-state index contributed by atoms with van der Waals surface area (Å²) in [5, 5.41) is 10.5. The standard InChI is InChI=1S/C9H15N3O4/c10-2-6-1-8(14)12(4-6)5-7(13)11-3-9(15)16/h6H,1-5,10H2,(H,11,13)(H,15,16). The van der Waals surface area contributed by atoms with Crippen molar-refractivity contribution >= 4 is 17.8 Å². The molecule has 90 valence electrons. The van der Waals surface area contributed by atoms with Crippen molar-refractivity contribution in [1.29, 1.82) is 0 Å². The van der Waals surface area contributed by atoms with E-state index in [0.717, 1.165) is 0 Å². The second kappa shape index (κ2) is 5.45. The zero-order valence-electron chi connectivity index (χ0n) is 8.81. The quantitative estimate of drug-likeness (QED) is 0.504. The fraction of sp³-hybridized carbons (Fsp3) is 0.667. The molecule has 1 heterocycles. The highest BCUT2D eigenvalue weighted by Gasteiger charge is 2.29. The number of nitrogens with one attached hydrogen (secondary N) is 1. The second-order valence-electron chi connectivity index (χ2n) is 3.75. The van der Waals surface area contributed by atoms with Crippen molar-refractivity contribution in [3.8, 4) is 0 Å². The molecule has 1 rings (SSSR count). The van der Waals surface area contributed by atoms with Crippen molar-refractivity contribution < 1.29 is 19.5 Å². The van der Waals surface area contributed by atoms with Crippen LogP contribution in [0.1, 0.15) is 6.42 Å². The molecule has 0 bridgehead atoms. The number of hydrogen-bond acceptors (Lipinski definition) is 4. The fourth-order valence-corrected chi connectivity index (χ4v) is 1.57. The summed E-state index contributed by atoms with van der Waals surface area (Å²) >= 11 is 0. The van der Waals surface area contributed by atoms with E-state index in [0.29, 0.717) is 19.5 Å². The number of amides is 2. The molecule has 7 nitrogen and oxygen atoms in total. The Morgan fingerprint density at radius 2 is 2.25 bits per heavy atom. The molecule has 0 aromatic rings. The summed E-state index contributed by atoms with van der Waals surface area (Å²) in [6, 6.07) is 0. The summed E-state index contributed by atoms with van der Waals surface area (Å²) in [7, 11) is 0. The molecule has 7 heteroatoms. The summed E-state index contributed by atoms with van der Waals surface area (Å²) in [6.45, 7) is 0.360. The topological polar surface area (TPSA) is 113 Å². The van der Waals surface area contributed by atoms with Crippen LogP contribution in [0.25, 0.3) is 0 Å². The highest BCUT2D eigenvalue weighted by Crippen LogP contribution is 2.15. The minimum absolute atomic E-state index is 0.0946. The van der Waals surface area contributed by atoms with Gasteiger partial charge in [0.05, 0.1) is 6.54 Å². The molecule has 1 aliphatic heterocycles. The van der Waals surface area contributed by atoms with Gasteiger partial charge in [-0.1, -0.05) is 0 Å². The van der Waals surface area contributed by atoms with Gasteiger partial charge in [-0.3, -0.25) is 14.4 Å². The lowest BCUT2D eigenvalue weighted by molar-refractivity contribution is -0.138. The van der Waals surface area contributed by atoms with Gasteiger partial charge in [0.15, 0.2) is 0 Å². The van der Waals surface area contributed by atoms with Gasteiger partial charge >= 0.3 is 5.97 Å². The van der Waals surface area contributed by atoms with Crippen LogP contribution >= 0.6 is 0 Å². The minimum atomic E-state index is -1.11. The van der Waals surface area contributed by atoms with Crippen LogP contribution in [0, 0.1) is 5.92 Å². The number of carboxylic acid groups (broad SMARTS) is 1. The van der Waals surface area contributed by atoms with Crippen LogP contribution in [0.4, 0.5) is 0 Å². The Labute approximate surface area is 92.6 Å². The van der Waals surface area contributed by atoms with Crippen molar-refractivity contribution in [1.82, 2.24) is 10.2 Å². The Balaban J connectivity index is 2.34. The summed E-state index contributed by atoms with van der Waals surface area (Å²) in [5.41, 5.74) is 5.43. The van der Waals surface area contributed by atoms with Crippen molar-refractivity contribution in [3.05, 3.63) is 0 Å². The van der Waals surface area contributed by atoms with Gasteiger partial charge in [0.1, 0.15) is 6.54 Å². The van der Waals surface area contributed by atoms with Gasteiger partial charge in [-0.25, -0.2) is 0 Å². The van der Waals surface area contributed by atoms with E-state index in [-0.39, 0.29) is 18.4 Å². The molecule has 1 saturated heterocycles. The van der Waals surface area contributed by atoms with Gasteiger partial charge in [-0.05, 0) is 12.5 Å². The largest absolute Gasteiger partial charge is 0.480 e. The van der Waals surface area contributed by atoms with Crippen LogP contribution in [0.3, 0.4) is 0 Å². The smallest absolute Gasteiger partial charge is 0.322 e. The van der Waals surface area contributed by atoms with Gasteiger partial charge in [-0.2, -0.15) is 0 Å². The zero-order valence-corrected chi connectivity index (χ0v) is 8.81. The van der Waals surface area contributed by atoms with E-state index < -0.39 is 18.4 Å². The van der Waals surface area contributed by atoms with E-state index in [2.05, 4.69) is 5.32 Å². The molecule has 1 fully saturated rings. The Hall–Kier alpha value is -1.63. The van der Waals surface area contributed by atoms with Crippen molar-refractivity contribution in [2.24, 2.45) is 11.7 Å². The monoisotopic (exact) mass is 229 g/mol. The number of hydrogen-bond donors (Lipinski definition) is 3. The molecular weight excluding hydrogens is 214 g/mol. The van der Waals surface area contributed by atoms with E-state index >= 15 is 0 Å². The third-order valence-electron chi connectivity index (χ3n) is 2.40. The van der Waals surface area contributed by atoms with Crippen molar-refractivity contribution in [2.75, 3.05) is 26.2 Å². The highest BCUT2D eigenvalue weighted by atomic mass is 16.4. The lowest BCUT2D eigenvalue weighted by atomic mass is 10.1. The Morgan fingerprint density at radius 3 is 2.75 bits per heavy atom. The highest BCUT2D eigenvalue weighted by molar-refractivity contribution is 5.87. The van der Waals surface area contributed by atoms with Gasteiger partial charge < -0.3 is 21.1 Å². The lowest BCUT2D eigenvalue weighted by Gasteiger charge is -2.15. The van der Waals surface area contributed by atoms with Gasteiger partial charge in [0, 0.05) is 13.0 Å². The number of nitrogens with zero attached hydrogens (tertiary/aromatic N) is 1. The second-order valence-corrected chi connectivity index (χ2v) is 3.75. The maximum Gasteiger partial charge on any atom is 0.322 e. The first-order valence-electron chi connectivity index (χ1n) is 4.99. The average molecular weight is 229 g/mol. The van der Waals surface area contributed by atoms with Crippen LogP contribution in [0.5, 0.6) is 0 Å². The number of rotatable bonds is 5. The molecule has 0 aromatic heterocycles. The summed E-state index contributed by atoms with van der Waals surface area (Å²) in [6.07, 6.45) is 0.364. The summed E-state index contributed by atoms with van der Waals surface area (Å²) < 4.78 is 0. The van der Waals surface area contributed by atoms with Crippen LogP contribution in [0.15, 0.2) is 0 Å². The summed E-state index contributed by atoms with van der Waals surface area (Å²) in [5.74, 6) is -1.59. The van der Waals surface area contributed by atoms with Crippen LogP contribution in [-0.2, 0) is 14.4 Å². The average Bonchev–Trinajstić information content (AvgIpc) is 2.57. The first-order chi connectivity index (χ1) is 7.52. The normalized spacial score (nSPS) is 19.9. The maximum atomic E-state index is 11.4. The fourth-order valence-electron chi connectivity index (χ4n) is 1.57. The van der Waals surface area contributed by atoms with Crippen LogP contribution in [0.2, 0.25) is 0 Å². The van der Waals surface area contributed by atoms with Crippen LogP contribution in [-0.4, -0.2) is 54.0 Å². The molecular formula is C9H15N3O4. The van der Waals surface area contributed by atoms with E-state index in [4.69, 9.17) is 10.8 Å². The molecule has 4 N–H and O–H groups in total. The predicted molar refractivity (Wildman–Crippen MR) is 54.4 cm³/mol. The Bertz CT molecular complexity index is 305. The zero-order chi connectivity index (χ0) is 12.1.